The number of benzene rings is 3. The van der Waals surface area contributed by atoms with Crippen LogP contribution in [-0.2, 0) is 11.2 Å². The number of carbonyl (C=O) groups is 2. The molecular formula is C31H32Cl2N2O5. The monoisotopic (exact) mass is 582 g/mol. The molecule has 0 atom stereocenters. The Kier molecular flexibility index (Phi) is 12.3. The molecule has 0 amide bonds. The Hall–Kier alpha value is -4.20. The predicted octanol–water partition coefficient (Wildman–Crippen LogP) is 8.61. The zero-order chi connectivity index (χ0) is 29.8. The van der Waals surface area contributed by atoms with Crippen LogP contribution in [0.3, 0.4) is 0 Å². The van der Waals surface area contributed by atoms with E-state index in [9.17, 15) is 9.59 Å². The number of aliphatic hydroxyl groups excluding tert-OH is 1. The van der Waals surface area contributed by atoms with Crippen LogP contribution in [-0.4, -0.2) is 27.3 Å². The molecule has 7 nitrogen and oxygen atoms in total. The molecule has 0 aliphatic heterocycles. The molecular weight excluding hydrogens is 551 g/mol. The molecule has 0 spiro atoms. The predicted molar refractivity (Wildman–Crippen MR) is 163 cm³/mol. The second kappa shape index (κ2) is 15.4. The summed E-state index contributed by atoms with van der Waals surface area (Å²) in [5.41, 5.74) is 6.30. The van der Waals surface area contributed by atoms with Crippen LogP contribution >= 0.6 is 23.2 Å². The smallest absolute Gasteiger partial charge is 0.337 e. The molecule has 9 heteroatoms. The minimum Gasteiger partial charge on any atom is -0.515 e. The molecule has 0 saturated heterocycles. The normalized spacial score (nSPS) is 11.8. The van der Waals surface area contributed by atoms with Gasteiger partial charge in [-0.05, 0) is 92.4 Å². The number of halogens is 2. The number of carboxylic acid groups (broad SMARTS) is 2. The van der Waals surface area contributed by atoms with Crippen LogP contribution in [0.4, 0.5) is 17.1 Å². The molecule has 0 saturated carbocycles. The van der Waals surface area contributed by atoms with Crippen molar-refractivity contribution in [3.63, 3.8) is 0 Å². The summed E-state index contributed by atoms with van der Waals surface area (Å²) >= 11 is 12.0. The van der Waals surface area contributed by atoms with Gasteiger partial charge in [0.05, 0.1) is 23.9 Å². The Morgan fingerprint density at radius 3 is 2.12 bits per heavy atom. The maximum atomic E-state index is 11.1. The summed E-state index contributed by atoms with van der Waals surface area (Å²) in [5, 5.41) is 34.5. The highest BCUT2D eigenvalue weighted by molar-refractivity contribution is 6.31. The standard InChI is InChI=1S/C16H18ClNO3.C15H14ClNO2/c1-11(10-19)7-14(8-12(2)17)18-15-6-4-3-5-13(15)9-16(20)21;1-9-7-11(8-13(16)10(9)2)17-14-6-4-3-5-12(14)15(18)19/h3-8,10,18-19H,9H2,1-2H3,(H,20,21);3-8,17H,1-2H3,(H,18,19)/b11-10+,12-8+,14-7+;. The Morgan fingerprint density at radius 1 is 0.925 bits per heavy atom. The van der Waals surface area contributed by atoms with Crippen LogP contribution in [0.2, 0.25) is 5.02 Å². The second-order valence-electron chi connectivity index (χ2n) is 8.93. The molecule has 0 aliphatic carbocycles. The topological polar surface area (TPSA) is 119 Å². The first kappa shape index (κ1) is 32.0. The summed E-state index contributed by atoms with van der Waals surface area (Å²) < 4.78 is 0. The van der Waals surface area contributed by atoms with E-state index in [0.717, 1.165) is 23.1 Å². The first-order chi connectivity index (χ1) is 18.9. The van der Waals surface area contributed by atoms with E-state index >= 15 is 0 Å². The van der Waals surface area contributed by atoms with Gasteiger partial charge in [0, 0.05) is 27.1 Å². The number of hydrogen-bond donors (Lipinski definition) is 5. The number of para-hydroxylation sites is 2. The molecule has 3 rings (SSSR count). The average Bonchev–Trinajstić information content (AvgIpc) is 2.88. The van der Waals surface area contributed by atoms with Gasteiger partial charge < -0.3 is 26.0 Å². The van der Waals surface area contributed by atoms with Crippen molar-refractivity contribution < 1.29 is 24.9 Å². The number of rotatable bonds is 9. The fourth-order valence-corrected chi connectivity index (χ4v) is 3.93. The van der Waals surface area contributed by atoms with Crippen LogP contribution in [0, 0.1) is 13.8 Å². The van der Waals surface area contributed by atoms with Crippen molar-refractivity contribution >= 4 is 52.2 Å². The number of aliphatic hydroxyl groups is 1. The van der Waals surface area contributed by atoms with Gasteiger partial charge in [-0.15, -0.1) is 0 Å². The first-order valence-electron chi connectivity index (χ1n) is 12.2. The maximum Gasteiger partial charge on any atom is 0.337 e. The van der Waals surface area contributed by atoms with Crippen LogP contribution in [0.25, 0.3) is 0 Å². The average molecular weight is 584 g/mol. The van der Waals surface area contributed by atoms with E-state index in [1.807, 2.05) is 26.0 Å². The minimum atomic E-state index is -0.960. The Morgan fingerprint density at radius 2 is 1.55 bits per heavy atom. The lowest BCUT2D eigenvalue weighted by Crippen LogP contribution is -2.06. The van der Waals surface area contributed by atoms with Crippen LogP contribution in [0.15, 0.2) is 95.4 Å². The van der Waals surface area contributed by atoms with Crippen molar-refractivity contribution in [3.05, 3.63) is 123 Å². The minimum absolute atomic E-state index is 0.0746. The lowest BCUT2D eigenvalue weighted by molar-refractivity contribution is -0.136. The van der Waals surface area contributed by atoms with Gasteiger partial charge in [0.25, 0.3) is 0 Å². The summed E-state index contributed by atoms with van der Waals surface area (Å²) in [6, 6.07) is 17.7. The molecule has 0 fully saturated rings. The highest BCUT2D eigenvalue weighted by atomic mass is 35.5. The lowest BCUT2D eigenvalue weighted by Gasteiger charge is -2.12. The van der Waals surface area contributed by atoms with Crippen LogP contribution < -0.4 is 10.6 Å². The zero-order valence-corrected chi connectivity index (χ0v) is 24.1. The van der Waals surface area contributed by atoms with Gasteiger partial charge in [0.2, 0.25) is 0 Å². The number of anilines is 3. The number of aromatic carboxylic acids is 1. The van der Waals surface area contributed by atoms with Crippen molar-refractivity contribution in [3.8, 4) is 0 Å². The quantitative estimate of drug-likeness (QED) is 0.126. The van der Waals surface area contributed by atoms with Gasteiger partial charge in [-0.3, -0.25) is 4.79 Å². The van der Waals surface area contributed by atoms with Gasteiger partial charge in [0.15, 0.2) is 0 Å². The number of aliphatic carboxylic acids is 1. The van der Waals surface area contributed by atoms with Gasteiger partial charge >= 0.3 is 11.9 Å². The van der Waals surface area contributed by atoms with Crippen molar-refractivity contribution in [2.24, 2.45) is 0 Å². The molecule has 40 heavy (non-hydrogen) atoms. The summed E-state index contributed by atoms with van der Waals surface area (Å²) in [6.45, 7) is 7.39. The number of allylic oxidation sites excluding steroid dienone is 4. The molecule has 5 N–H and O–H groups in total. The van der Waals surface area contributed by atoms with Gasteiger partial charge in [-0.1, -0.05) is 53.5 Å². The van der Waals surface area contributed by atoms with E-state index in [1.165, 1.54) is 0 Å². The van der Waals surface area contributed by atoms with Crippen molar-refractivity contribution in [1.82, 2.24) is 0 Å². The second-order valence-corrected chi connectivity index (χ2v) is 9.94. The summed E-state index contributed by atoms with van der Waals surface area (Å²) in [4.78, 5) is 22.0. The molecule has 0 radical (unpaired) electrons. The van der Waals surface area contributed by atoms with Gasteiger partial charge in [-0.25, -0.2) is 4.79 Å². The molecule has 0 aromatic heterocycles. The van der Waals surface area contributed by atoms with E-state index in [2.05, 4.69) is 10.6 Å². The fourth-order valence-electron chi connectivity index (χ4n) is 3.55. The third kappa shape index (κ3) is 10.2. The first-order valence-corrected chi connectivity index (χ1v) is 13.0. The fraction of sp³-hybridized carbons (Fsp3) is 0.161. The number of hydrogen-bond acceptors (Lipinski definition) is 5. The highest BCUT2D eigenvalue weighted by Crippen LogP contribution is 2.28. The molecule has 0 unspecified atom stereocenters. The number of aryl methyl sites for hydroxylation is 1. The lowest BCUT2D eigenvalue weighted by atomic mass is 10.1. The Balaban J connectivity index is 0.000000281. The van der Waals surface area contributed by atoms with Crippen molar-refractivity contribution in [2.75, 3.05) is 10.6 Å². The summed E-state index contributed by atoms with van der Waals surface area (Å²) in [6.07, 6.45) is 4.33. The van der Waals surface area contributed by atoms with E-state index in [0.29, 0.717) is 38.3 Å². The van der Waals surface area contributed by atoms with Crippen LogP contribution in [0.5, 0.6) is 0 Å². The molecule has 3 aromatic rings. The third-order valence-electron chi connectivity index (χ3n) is 5.62. The summed E-state index contributed by atoms with van der Waals surface area (Å²) in [5.74, 6) is -1.86. The van der Waals surface area contributed by atoms with Gasteiger partial charge in [0.1, 0.15) is 0 Å². The Bertz CT molecular complexity index is 1430. The summed E-state index contributed by atoms with van der Waals surface area (Å²) in [7, 11) is 0. The Labute approximate surface area is 244 Å². The molecule has 210 valence electrons. The third-order valence-corrected chi connectivity index (χ3v) is 6.12. The SMILES string of the molecule is C\C(Cl)=C/C(=C\C(C)=C\O)Nc1ccccc1CC(=O)O.Cc1cc(Nc2ccccc2C(=O)O)cc(Cl)c1C. The maximum absolute atomic E-state index is 11.1. The number of nitrogens with one attached hydrogen (secondary N) is 2. The van der Waals surface area contributed by atoms with E-state index < -0.39 is 11.9 Å². The van der Waals surface area contributed by atoms with Crippen molar-refractivity contribution in [1.29, 1.82) is 0 Å². The van der Waals surface area contributed by atoms with E-state index in [1.54, 1.807) is 74.5 Å². The largest absolute Gasteiger partial charge is 0.515 e. The molecule has 3 aromatic carbocycles. The van der Waals surface area contributed by atoms with Crippen LogP contribution in [0.1, 0.15) is 40.9 Å². The highest BCUT2D eigenvalue weighted by Gasteiger charge is 2.10. The molecule has 0 bridgehead atoms. The zero-order valence-electron chi connectivity index (χ0n) is 22.6. The molecule has 0 heterocycles. The van der Waals surface area contributed by atoms with Gasteiger partial charge in [-0.2, -0.15) is 0 Å². The number of carboxylic acids is 2. The van der Waals surface area contributed by atoms with E-state index in [4.69, 9.17) is 38.5 Å². The van der Waals surface area contributed by atoms with Crippen molar-refractivity contribution in [2.45, 2.75) is 34.1 Å². The van der Waals surface area contributed by atoms with E-state index in [-0.39, 0.29) is 12.0 Å². The molecule has 0 aliphatic rings.